The number of nitrogens with zero attached hydrogens (tertiary/aromatic N) is 2. The molecule has 0 spiro atoms. The SMILES string of the molecule is CCCn1ncc(OC)c1C(CC1OCCO1)NCC. The highest BCUT2D eigenvalue weighted by Crippen LogP contribution is 2.30. The van der Waals surface area contributed by atoms with Crippen molar-refractivity contribution < 1.29 is 14.2 Å². The van der Waals surface area contributed by atoms with E-state index in [1.807, 2.05) is 4.68 Å². The molecule has 0 saturated carbocycles. The first-order valence-electron chi connectivity index (χ1n) is 7.36. The van der Waals surface area contributed by atoms with E-state index in [9.17, 15) is 0 Å². The Balaban J connectivity index is 2.19. The number of hydrogen-bond donors (Lipinski definition) is 1. The number of rotatable bonds is 8. The fourth-order valence-electron chi connectivity index (χ4n) is 2.55. The summed E-state index contributed by atoms with van der Waals surface area (Å²) in [6.07, 6.45) is 3.44. The number of hydrogen-bond acceptors (Lipinski definition) is 5. The van der Waals surface area contributed by atoms with Gasteiger partial charge in [-0.05, 0) is 13.0 Å². The van der Waals surface area contributed by atoms with E-state index < -0.39 is 0 Å². The molecule has 1 fully saturated rings. The van der Waals surface area contributed by atoms with Crippen LogP contribution in [-0.2, 0) is 16.0 Å². The lowest BCUT2D eigenvalue weighted by molar-refractivity contribution is -0.0535. The first-order valence-corrected chi connectivity index (χ1v) is 7.36. The molecule has 1 aliphatic heterocycles. The Morgan fingerprint density at radius 1 is 1.45 bits per heavy atom. The Hall–Kier alpha value is -1.11. The molecule has 0 aliphatic carbocycles. The number of aromatic nitrogens is 2. The van der Waals surface area contributed by atoms with E-state index in [1.54, 1.807) is 13.3 Å². The standard InChI is InChI=1S/C14H25N3O3/c1-4-6-17-14(12(18-3)10-16-17)11(15-5-2)9-13-19-7-8-20-13/h10-11,13,15H,4-9H2,1-3H3. The van der Waals surface area contributed by atoms with Gasteiger partial charge < -0.3 is 19.5 Å². The van der Waals surface area contributed by atoms with Crippen LogP contribution in [0.5, 0.6) is 5.75 Å². The number of nitrogens with one attached hydrogen (secondary N) is 1. The zero-order valence-corrected chi connectivity index (χ0v) is 12.6. The summed E-state index contributed by atoms with van der Waals surface area (Å²) in [6, 6.07) is 0.118. The van der Waals surface area contributed by atoms with Gasteiger partial charge in [0.1, 0.15) is 0 Å². The van der Waals surface area contributed by atoms with Crippen LogP contribution in [0.15, 0.2) is 6.20 Å². The summed E-state index contributed by atoms with van der Waals surface area (Å²) in [7, 11) is 1.68. The van der Waals surface area contributed by atoms with Crippen LogP contribution >= 0.6 is 0 Å². The van der Waals surface area contributed by atoms with Crippen molar-refractivity contribution in [2.24, 2.45) is 0 Å². The molecule has 6 nitrogen and oxygen atoms in total. The van der Waals surface area contributed by atoms with Crippen LogP contribution < -0.4 is 10.1 Å². The van der Waals surface area contributed by atoms with Gasteiger partial charge in [-0.25, -0.2) is 0 Å². The van der Waals surface area contributed by atoms with Gasteiger partial charge in [0.25, 0.3) is 0 Å². The van der Waals surface area contributed by atoms with Gasteiger partial charge in [-0.2, -0.15) is 5.10 Å². The molecular weight excluding hydrogens is 258 g/mol. The molecular formula is C14H25N3O3. The Bertz CT molecular complexity index is 402. The first-order chi connectivity index (χ1) is 9.80. The second-order valence-corrected chi connectivity index (χ2v) is 4.84. The predicted octanol–water partition coefficient (Wildman–Crippen LogP) is 1.72. The molecule has 1 aromatic heterocycles. The molecule has 20 heavy (non-hydrogen) atoms. The van der Waals surface area contributed by atoms with Crippen LogP contribution in [0.3, 0.4) is 0 Å². The molecule has 1 aliphatic rings. The predicted molar refractivity (Wildman–Crippen MR) is 75.8 cm³/mol. The van der Waals surface area contributed by atoms with Crippen molar-refractivity contribution >= 4 is 0 Å². The third-order valence-corrected chi connectivity index (χ3v) is 3.40. The molecule has 114 valence electrons. The first kappa shape index (κ1) is 15.3. The average Bonchev–Trinajstić information content (AvgIpc) is 3.08. The highest BCUT2D eigenvalue weighted by atomic mass is 16.7. The van der Waals surface area contributed by atoms with Crippen molar-refractivity contribution in [1.29, 1.82) is 0 Å². The van der Waals surface area contributed by atoms with E-state index in [0.29, 0.717) is 13.2 Å². The van der Waals surface area contributed by atoms with Gasteiger partial charge >= 0.3 is 0 Å². The summed E-state index contributed by atoms with van der Waals surface area (Å²) in [5, 5.41) is 7.91. The summed E-state index contributed by atoms with van der Waals surface area (Å²) in [6.45, 7) is 7.34. The third kappa shape index (κ3) is 3.50. The molecule has 0 aromatic carbocycles. The lowest BCUT2D eigenvalue weighted by Crippen LogP contribution is -2.28. The van der Waals surface area contributed by atoms with E-state index in [0.717, 1.165) is 37.4 Å². The molecule has 1 atom stereocenters. The van der Waals surface area contributed by atoms with Crippen LogP contribution in [0.1, 0.15) is 38.4 Å². The van der Waals surface area contributed by atoms with Crippen LogP contribution in [-0.4, -0.2) is 42.9 Å². The lowest BCUT2D eigenvalue weighted by atomic mass is 10.1. The number of aryl methyl sites for hydroxylation is 1. The van der Waals surface area contributed by atoms with Crippen LogP contribution in [0, 0.1) is 0 Å². The van der Waals surface area contributed by atoms with Crippen LogP contribution in [0.2, 0.25) is 0 Å². The van der Waals surface area contributed by atoms with Gasteiger partial charge in [0.05, 0.1) is 38.3 Å². The molecule has 1 saturated heterocycles. The second kappa shape index (κ2) is 7.61. The van der Waals surface area contributed by atoms with E-state index in [-0.39, 0.29) is 12.3 Å². The summed E-state index contributed by atoms with van der Waals surface area (Å²) < 4.78 is 18.6. The minimum atomic E-state index is -0.145. The van der Waals surface area contributed by atoms with Crippen LogP contribution in [0.4, 0.5) is 0 Å². The largest absolute Gasteiger partial charge is 0.493 e. The smallest absolute Gasteiger partial charge is 0.161 e. The highest BCUT2D eigenvalue weighted by molar-refractivity contribution is 5.28. The minimum absolute atomic E-state index is 0.118. The maximum atomic E-state index is 5.57. The Kier molecular flexibility index (Phi) is 5.82. The topological polar surface area (TPSA) is 57.5 Å². The normalized spacial score (nSPS) is 17.6. The van der Waals surface area contributed by atoms with E-state index in [2.05, 4.69) is 24.3 Å². The molecule has 0 bridgehead atoms. The monoisotopic (exact) mass is 283 g/mol. The molecule has 1 N–H and O–H groups in total. The molecule has 1 aromatic rings. The second-order valence-electron chi connectivity index (χ2n) is 4.84. The quantitative estimate of drug-likeness (QED) is 0.787. The summed E-state index contributed by atoms with van der Waals surface area (Å²) in [5.41, 5.74) is 1.08. The number of methoxy groups -OCH3 is 1. The van der Waals surface area contributed by atoms with Crippen molar-refractivity contribution in [3.63, 3.8) is 0 Å². The van der Waals surface area contributed by atoms with Gasteiger partial charge in [-0.15, -0.1) is 0 Å². The van der Waals surface area contributed by atoms with Crippen LogP contribution in [0.25, 0.3) is 0 Å². The van der Waals surface area contributed by atoms with Crippen molar-refractivity contribution in [3.05, 3.63) is 11.9 Å². The summed E-state index contributed by atoms with van der Waals surface area (Å²) in [4.78, 5) is 0. The molecule has 2 heterocycles. The van der Waals surface area contributed by atoms with Gasteiger partial charge in [0, 0.05) is 13.0 Å². The van der Waals surface area contributed by atoms with E-state index in [1.165, 1.54) is 0 Å². The lowest BCUT2D eigenvalue weighted by Gasteiger charge is -2.22. The van der Waals surface area contributed by atoms with Crippen molar-refractivity contribution in [2.45, 2.75) is 45.6 Å². The molecule has 2 rings (SSSR count). The zero-order chi connectivity index (χ0) is 14.4. The van der Waals surface area contributed by atoms with Crippen molar-refractivity contribution in [3.8, 4) is 5.75 Å². The molecule has 0 radical (unpaired) electrons. The molecule has 0 amide bonds. The van der Waals surface area contributed by atoms with Crippen molar-refractivity contribution in [2.75, 3.05) is 26.9 Å². The fourth-order valence-corrected chi connectivity index (χ4v) is 2.55. The molecule has 1 unspecified atom stereocenters. The summed E-state index contributed by atoms with van der Waals surface area (Å²) >= 11 is 0. The number of ether oxygens (including phenoxy) is 3. The van der Waals surface area contributed by atoms with E-state index >= 15 is 0 Å². The van der Waals surface area contributed by atoms with Crippen molar-refractivity contribution in [1.82, 2.24) is 15.1 Å². The van der Waals surface area contributed by atoms with Gasteiger partial charge in [-0.3, -0.25) is 4.68 Å². The van der Waals surface area contributed by atoms with Gasteiger partial charge in [0.2, 0.25) is 0 Å². The van der Waals surface area contributed by atoms with Gasteiger partial charge in [-0.1, -0.05) is 13.8 Å². The summed E-state index contributed by atoms with van der Waals surface area (Å²) in [5.74, 6) is 0.822. The maximum Gasteiger partial charge on any atom is 0.161 e. The zero-order valence-electron chi connectivity index (χ0n) is 12.6. The maximum absolute atomic E-state index is 5.57. The Morgan fingerprint density at radius 2 is 2.20 bits per heavy atom. The molecule has 6 heteroatoms. The Labute approximate surface area is 120 Å². The average molecular weight is 283 g/mol. The highest BCUT2D eigenvalue weighted by Gasteiger charge is 2.27. The fraction of sp³-hybridized carbons (Fsp3) is 0.786. The third-order valence-electron chi connectivity index (χ3n) is 3.40. The minimum Gasteiger partial charge on any atom is -0.493 e. The Morgan fingerprint density at radius 3 is 2.80 bits per heavy atom. The van der Waals surface area contributed by atoms with E-state index in [4.69, 9.17) is 14.2 Å². The van der Waals surface area contributed by atoms with Gasteiger partial charge in [0.15, 0.2) is 12.0 Å².